The molecule has 5 nitrogen and oxygen atoms in total. The molecule has 8 heteroatoms. The van der Waals surface area contributed by atoms with Gasteiger partial charge < -0.3 is 9.69 Å². The molecule has 1 N–H and O–H groups in total. The van der Waals surface area contributed by atoms with Gasteiger partial charge in [0.25, 0.3) is 10.1 Å². The summed E-state index contributed by atoms with van der Waals surface area (Å²) in [6, 6.07) is 4.11. The number of hydrogen-bond acceptors (Lipinski definition) is 4. The highest BCUT2D eigenvalue weighted by atomic mass is 35.5. The fraction of sp³-hybridized carbons (Fsp3) is 0.222. The Labute approximate surface area is 111 Å². The third kappa shape index (κ3) is 4.16. The van der Waals surface area contributed by atoms with Gasteiger partial charge in [-0.3, -0.25) is 4.55 Å². The van der Waals surface area contributed by atoms with Crippen molar-refractivity contribution in [1.82, 2.24) is 0 Å². The summed E-state index contributed by atoms with van der Waals surface area (Å²) in [7, 11) is -2.73. The van der Waals surface area contributed by atoms with E-state index in [1.165, 1.54) is 17.0 Å². The average molecular weight is 300 g/mol. The number of aldehydes is 1. The molecule has 0 unspecified atom stereocenters. The molecule has 0 amide bonds. The Kier molecular flexibility index (Phi) is 5.91. The summed E-state index contributed by atoms with van der Waals surface area (Å²) in [5.74, 6) is 0. The van der Waals surface area contributed by atoms with Crippen LogP contribution < -0.4 is 4.90 Å². The largest absolute Gasteiger partial charge is 0.368 e. The van der Waals surface area contributed by atoms with Crippen molar-refractivity contribution in [3.8, 4) is 0 Å². The molecule has 0 aliphatic heterocycles. The monoisotopic (exact) mass is 299 g/mol. The van der Waals surface area contributed by atoms with Crippen LogP contribution in [0, 0.1) is 0 Å². The molecule has 0 fully saturated rings. The highest BCUT2D eigenvalue weighted by molar-refractivity contribution is 7.86. The Morgan fingerprint density at radius 3 is 2.53 bits per heavy atom. The van der Waals surface area contributed by atoms with Gasteiger partial charge in [0.1, 0.15) is 11.2 Å². The van der Waals surface area contributed by atoms with Crippen molar-refractivity contribution < 1.29 is 17.8 Å². The minimum absolute atomic E-state index is 0. The number of carbonyl (C=O) groups is 1. The van der Waals surface area contributed by atoms with Gasteiger partial charge in [0.05, 0.1) is 11.6 Å². The van der Waals surface area contributed by atoms with Crippen molar-refractivity contribution in [3.63, 3.8) is 0 Å². The predicted molar refractivity (Wildman–Crippen MR) is 67.8 cm³/mol. The number of likely N-dealkylation sites (N-methyl/N-ethyl adjacent to an activating group) is 1. The highest BCUT2D eigenvalue weighted by Gasteiger charge is 2.16. The van der Waals surface area contributed by atoms with E-state index in [0.717, 1.165) is 0 Å². The first-order chi connectivity index (χ1) is 7.36. The van der Waals surface area contributed by atoms with Gasteiger partial charge in [-0.05, 0) is 18.2 Å². The van der Waals surface area contributed by atoms with E-state index in [1.807, 2.05) is 0 Å². The molecule has 0 radical (unpaired) electrons. The number of hydrogen-bond donors (Lipinski definition) is 1. The van der Waals surface area contributed by atoms with Crippen LogP contribution in [0.1, 0.15) is 0 Å². The smallest absolute Gasteiger partial charge is 0.296 e. The maximum absolute atomic E-state index is 11.0. The van der Waals surface area contributed by atoms with Crippen LogP contribution in [0.2, 0.25) is 5.02 Å². The Bertz CT molecular complexity index is 504. The number of halogens is 2. The van der Waals surface area contributed by atoms with Crippen molar-refractivity contribution in [2.45, 2.75) is 4.90 Å². The summed E-state index contributed by atoms with van der Waals surface area (Å²) in [6.07, 6.45) is 0.682. The molecule has 1 aromatic rings. The van der Waals surface area contributed by atoms with Gasteiger partial charge in [0.2, 0.25) is 0 Å². The first kappa shape index (κ1) is 16.2. The third-order valence-electron chi connectivity index (χ3n) is 1.98. The van der Waals surface area contributed by atoms with Crippen molar-refractivity contribution >= 4 is 46.1 Å². The first-order valence-electron chi connectivity index (χ1n) is 4.28. The second-order valence-corrected chi connectivity index (χ2v) is 4.93. The molecule has 0 spiro atoms. The van der Waals surface area contributed by atoms with E-state index in [1.54, 1.807) is 13.1 Å². The van der Waals surface area contributed by atoms with Gasteiger partial charge >= 0.3 is 0 Å². The topological polar surface area (TPSA) is 74.7 Å². The highest BCUT2D eigenvalue weighted by Crippen LogP contribution is 2.26. The second-order valence-electron chi connectivity index (χ2n) is 3.14. The molecular formula is C9H11Cl2NO4S. The zero-order valence-electron chi connectivity index (χ0n) is 8.83. The lowest BCUT2D eigenvalue weighted by Crippen LogP contribution is -2.19. The summed E-state index contributed by atoms with van der Waals surface area (Å²) >= 11 is 5.64. The van der Waals surface area contributed by atoms with E-state index in [2.05, 4.69) is 0 Å². The first-order valence-corrected chi connectivity index (χ1v) is 6.10. The lowest BCUT2D eigenvalue weighted by Gasteiger charge is -2.16. The fourth-order valence-electron chi connectivity index (χ4n) is 1.14. The van der Waals surface area contributed by atoms with Crippen LogP contribution in [0.4, 0.5) is 5.69 Å². The van der Waals surface area contributed by atoms with E-state index in [9.17, 15) is 13.2 Å². The van der Waals surface area contributed by atoms with Gasteiger partial charge in [-0.2, -0.15) is 8.42 Å². The molecule has 0 saturated heterocycles. The Morgan fingerprint density at radius 2 is 2.06 bits per heavy atom. The second kappa shape index (κ2) is 6.20. The lowest BCUT2D eigenvalue weighted by molar-refractivity contribution is -0.106. The summed E-state index contributed by atoms with van der Waals surface area (Å²) < 4.78 is 30.8. The van der Waals surface area contributed by atoms with Crippen molar-refractivity contribution in [3.05, 3.63) is 23.2 Å². The summed E-state index contributed by atoms with van der Waals surface area (Å²) in [5.41, 5.74) is 0.476. The average Bonchev–Trinajstić information content (AvgIpc) is 2.16. The molecule has 0 bridgehead atoms. The molecular weight excluding hydrogens is 289 g/mol. The zero-order valence-corrected chi connectivity index (χ0v) is 11.2. The normalized spacial score (nSPS) is 10.5. The van der Waals surface area contributed by atoms with E-state index in [0.29, 0.717) is 12.0 Å². The standard InChI is InChI=1S/C9H10ClNO4S.ClH/c1-11(4-5-12)7-2-3-8(10)9(6-7)16(13,14)15;/h2-3,5-6H,4H2,1H3,(H,13,14,15);1H. The molecule has 0 heterocycles. The summed E-state index contributed by atoms with van der Waals surface area (Å²) in [4.78, 5) is 11.5. The number of anilines is 1. The van der Waals surface area contributed by atoms with Crippen LogP contribution in [0.5, 0.6) is 0 Å². The number of nitrogens with zero attached hydrogens (tertiary/aromatic N) is 1. The quantitative estimate of drug-likeness (QED) is 0.676. The molecule has 17 heavy (non-hydrogen) atoms. The molecule has 1 rings (SSSR count). The molecule has 0 atom stereocenters. The summed E-state index contributed by atoms with van der Waals surface area (Å²) in [6.45, 7) is 0.118. The SMILES string of the molecule is CN(CC=O)c1ccc(Cl)c(S(=O)(=O)O)c1.Cl. The molecule has 1 aromatic carbocycles. The maximum atomic E-state index is 11.0. The minimum Gasteiger partial charge on any atom is -0.368 e. The van der Waals surface area contributed by atoms with Gasteiger partial charge in [-0.1, -0.05) is 11.6 Å². The number of benzene rings is 1. The van der Waals surface area contributed by atoms with E-state index in [4.69, 9.17) is 16.2 Å². The Morgan fingerprint density at radius 1 is 1.47 bits per heavy atom. The van der Waals surface area contributed by atoms with Crippen LogP contribution >= 0.6 is 24.0 Å². The Balaban J connectivity index is 0.00000256. The van der Waals surface area contributed by atoms with Crippen molar-refractivity contribution in [2.24, 2.45) is 0 Å². The fourth-order valence-corrected chi connectivity index (χ4v) is 2.14. The summed E-state index contributed by atoms with van der Waals surface area (Å²) in [5, 5.41) is -0.0641. The van der Waals surface area contributed by atoms with Gasteiger partial charge in [-0.15, -0.1) is 12.4 Å². The van der Waals surface area contributed by atoms with Crippen LogP contribution in [0.15, 0.2) is 23.1 Å². The van der Waals surface area contributed by atoms with Gasteiger partial charge in [-0.25, -0.2) is 0 Å². The van der Waals surface area contributed by atoms with E-state index >= 15 is 0 Å². The number of carbonyl (C=O) groups excluding carboxylic acids is 1. The molecule has 96 valence electrons. The van der Waals surface area contributed by atoms with E-state index < -0.39 is 10.1 Å². The van der Waals surface area contributed by atoms with Crippen molar-refractivity contribution in [1.29, 1.82) is 0 Å². The predicted octanol–water partition coefficient (Wildman–Crippen LogP) is 1.64. The minimum atomic E-state index is -4.35. The van der Waals surface area contributed by atoms with Crippen LogP contribution in [0.25, 0.3) is 0 Å². The molecule has 0 saturated carbocycles. The lowest BCUT2D eigenvalue weighted by atomic mass is 10.3. The van der Waals surface area contributed by atoms with E-state index in [-0.39, 0.29) is 28.9 Å². The van der Waals surface area contributed by atoms with Crippen LogP contribution in [-0.2, 0) is 14.9 Å². The van der Waals surface area contributed by atoms with Gasteiger partial charge in [0, 0.05) is 12.7 Å². The molecule has 0 aliphatic rings. The van der Waals surface area contributed by atoms with Crippen molar-refractivity contribution in [2.75, 3.05) is 18.5 Å². The van der Waals surface area contributed by atoms with Gasteiger partial charge in [0.15, 0.2) is 0 Å². The number of rotatable bonds is 4. The molecule has 0 aliphatic carbocycles. The zero-order chi connectivity index (χ0) is 12.3. The maximum Gasteiger partial charge on any atom is 0.296 e. The van der Waals surface area contributed by atoms with Crippen LogP contribution in [0.3, 0.4) is 0 Å². The van der Waals surface area contributed by atoms with Crippen LogP contribution in [-0.4, -0.2) is 32.8 Å². The third-order valence-corrected chi connectivity index (χ3v) is 3.32. The Hall–Kier alpha value is -0.820. The molecule has 0 aromatic heterocycles.